The van der Waals surface area contributed by atoms with Crippen molar-refractivity contribution in [2.24, 2.45) is 0 Å². The third kappa shape index (κ3) is 3.29. The van der Waals surface area contributed by atoms with Crippen molar-refractivity contribution in [1.29, 1.82) is 0 Å². The summed E-state index contributed by atoms with van der Waals surface area (Å²) in [4.78, 5) is 3.19. The van der Waals surface area contributed by atoms with E-state index in [0.717, 1.165) is 6.07 Å². The second-order valence-electron chi connectivity index (χ2n) is 2.65. The summed E-state index contributed by atoms with van der Waals surface area (Å²) in [5.41, 5.74) is -1.38. The first kappa shape index (κ1) is 13.1. The number of aromatic nitrogens is 1. The van der Waals surface area contributed by atoms with Gasteiger partial charge >= 0.3 is 12.8 Å². The van der Waals surface area contributed by atoms with Crippen molar-refractivity contribution in [2.45, 2.75) is 18.1 Å². The molecule has 0 aliphatic carbocycles. The molecule has 0 saturated heterocycles. The lowest BCUT2D eigenvalue weighted by Gasteiger charge is -2.11. The maximum Gasteiger partial charge on any atom is 0.433 e. The molecule has 0 spiro atoms. The van der Waals surface area contributed by atoms with Crippen molar-refractivity contribution >= 4 is 15.9 Å². The molecule has 0 bridgehead atoms. The van der Waals surface area contributed by atoms with Crippen LogP contribution < -0.4 is 4.74 Å². The molecule has 0 aliphatic rings. The van der Waals surface area contributed by atoms with Gasteiger partial charge in [0, 0.05) is 5.33 Å². The minimum Gasteiger partial charge on any atom is -0.433 e. The van der Waals surface area contributed by atoms with Crippen LogP contribution in [0.2, 0.25) is 0 Å². The van der Waals surface area contributed by atoms with Gasteiger partial charge in [-0.05, 0) is 12.1 Å². The fourth-order valence-electron chi connectivity index (χ4n) is 0.945. The zero-order chi connectivity index (χ0) is 12.3. The SMILES string of the molecule is FC(F)Oc1ccc(C(F)(F)F)nc1CBr. The quantitative estimate of drug-likeness (QED) is 0.629. The summed E-state index contributed by atoms with van der Waals surface area (Å²) in [5, 5.41) is -0.112. The van der Waals surface area contributed by atoms with Crippen LogP contribution in [0.1, 0.15) is 11.4 Å². The number of pyridine rings is 1. The van der Waals surface area contributed by atoms with E-state index in [1.54, 1.807) is 0 Å². The Morgan fingerprint density at radius 2 is 1.94 bits per heavy atom. The van der Waals surface area contributed by atoms with Crippen LogP contribution in [0.4, 0.5) is 22.0 Å². The van der Waals surface area contributed by atoms with E-state index in [9.17, 15) is 22.0 Å². The lowest BCUT2D eigenvalue weighted by molar-refractivity contribution is -0.141. The Hall–Kier alpha value is -0.920. The molecule has 16 heavy (non-hydrogen) atoms. The minimum atomic E-state index is -4.61. The summed E-state index contributed by atoms with van der Waals surface area (Å²) in [6.07, 6.45) is -4.61. The summed E-state index contributed by atoms with van der Waals surface area (Å²) < 4.78 is 64.5. The number of hydrogen-bond donors (Lipinski definition) is 0. The average molecular weight is 306 g/mol. The fourth-order valence-corrected chi connectivity index (χ4v) is 1.35. The molecule has 0 aliphatic heterocycles. The van der Waals surface area contributed by atoms with Crippen LogP contribution in [0.3, 0.4) is 0 Å². The largest absolute Gasteiger partial charge is 0.433 e. The van der Waals surface area contributed by atoms with Gasteiger partial charge in [-0.3, -0.25) is 0 Å². The molecular weight excluding hydrogens is 301 g/mol. The number of rotatable bonds is 3. The van der Waals surface area contributed by atoms with Crippen molar-refractivity contribution < 1.29 is 26.7 Å². The van der Waals surface area contributed by atoms with E-state index < -0.39 is 18.5 Å². The lowest BCUT2D eigenvalue weighted by Crippen LogP contribution is -2.11. The van der Waals surface area contributed by atoms with E-state index in [1.807, 2.05) is 0 Å². The Morgan fingerprint density at radius 1 is 1.31 bits per heavy atom. The Labute approximate surface area is 95.6 Å². The summed E-state index contributed by atoms with van der Waals surface area (Å²) in [7, 11) is 0. The molecule has 8 heteroatoms. The number of alkyl halides is 6. The van der Waals surface area contributed by atoms with Crippen LogP contribution >= 0.6 is 15.9 Å². The zero-order valence-corrected chi connectivity index (χ0v) is 9.15. The highest BCUT2D eigenvalue weighted by Gasteiger charge is 2.33. The van der Waals surface area contributed by atoms with Crippen LogP contribution in [0.15, 0.2) is 12.1 Å². The van der Waals surface area contributed by atoms with Crippen molar-refractivity contribution in [3.63, 3.8) is 0 Å². The maximum atomic E-state index is 12.2. The summed E-state index contributed by atoms with van der Waals surface area (Å²) >= 11 is 2.84. The smallest absolute Gasteiger partial charge is 0.433 e. The maximum absolute atomic E-state index is 12.2. The van der Waals surface area contributed by atoms with E-state index in [0.29, 0.717) is 6.07 Å². The molecule has 1 heterocycles. The van der Waals surface area contributed by atoms with Crippen LogP contribution in [0.5, 0.6) is 5.75 Å². The molecule has 1 rings (SSSR count). The topological polar surface area (TPSA) is 22.1 Å². The van der Waals surface area contributed by atoms with Crippen LogP contribution in [-0.4, -0.2) is 11.6 Å². The number of halogens is 6. The molecule has 0 radical (unpaired) electrons. The highest BCUT2D eigenvalue weighted by Crippen LogP contribution is 2.31. The highest BCUT2D eigenvalue weighted by atomic mass is 79.9. The Kier molecular flexibility index (Phi) is 4.06. The number of nitrogens with zero attached hydrogens (tertiary/aromatic N) is 1. The van der Waals surface area contributed by atoms with Crippen molar-refractivity contribution in [3.05, 3.63) is 23.5 Å². The molecule has 90 valence electrons. The first-order chi connectivity index (χ1) is 7.34. The molecule has 0 atom stereocenters. The Bertz CT molecular complexity index is 368. The number of ether oxygens (including phenoxy) is 1. The summed E-state index contributed by atoms with van der Waals surface area (Å²) in [5.74, 6) is -0.375. The average Bonchev–Trinajstić information content (AvgIpc) is 2.15. The van der Waals surface area contributed by atoms with Gasteiger partial charge in [0.15, 0.2) is 0 Å². The van der Waals surface area contributed by atoms with Gasteiger partial charge < -0.3 is 4.74 Å². The van der Waals surface area contributed by atoms with Gasteiger partial charge in [-0.1, -0.05) is 15.9 Å². The predicted molar refractivity (Wildman–Crippen MR) is 48.5 cm³/mol. The van der Waals surface area contributed by atoms with Gasteiger partial charge in [0.1, 0.15) is 11.4 Å². The van der Waals surface area contributed by atoms with E-state index >= 15 is 0 Å². The number of hydrogen-bond acceptors (Lipinski definition) is 2. The molecule has 1 aromatic rings. The molecule has 0 unspecified atom stereocenters. The minimum absolute atomic E-state index is 0.112. The van der Waals surface area contributed by atoms with Gasteiger partial charge in [0.25, 0.3) is 0 Å². The van der Waals surface area contributed by atoms with Gasteiger partial charge in [0.2, 0.25) is 0 Å². The second-order valence-corrected chi connectivity index (χ2v) is 3.21. The van der Waals surface area contributed by atoms with Crippen molar-refractivity contribution in [3.8, 4) is 5.75 Å². The van der Waals surface area contributed by atoms with Crippen LogP contribution in [0.25, 0.3) is 0 Å². The molecule has 0 fully saturated rings. The van der Waals surface area contributed by atoms with E-state index in [4.69, 9.17) is 0 Å². The van der Waals surface area contributed by atoms with Gasteiger partial charge in [0.05, 0.1) is 5.69 Å². The molecule has 0 aromatic carbocycles. The first-order valence-electron chi connectivity index (χ1n) is 3.92. The normalized spacial score (nSPS) is 11.9. The van der Waals surface area contributed by atoms with Gasteiger partial charge in [-0.25, -0.2) is 4.98 Å². The second kappa shape index (κ2) is 4.94. The third-order valence-electron chi connectivity index (χ3n) is 1.57. The first-order valence-corrected chi connectivity index (χ1v) is 5.04. The monoisotopic (exact) mass is 305 g/mol. The molecule has 2 nitrogen and oxygen atoms in total. The van der Waals surface area contributed by atoms with Crippen LogP contribution in [0, 0.1) is 0 Å². The Balaban J connectivity index is 3.07. The Morgan fingerprint density at radius 3 is 2.38 bits per heavy atom. The fraction of sp³-hybridized carbons (Fsp3) is 0.375. The van der Waals surface area contributed by atoms with E-state index in [1.165, 1.54) is 0 Å². The predicted octanol–water partition coefficient (Wildman–Crippen LogP) is 3.60. The van der Waals surface area contributed by atoms with Gasteiger partial charge in [-0.2, -0.15) is 22.0 Å². The lowest BCUT2D eigenvalue weighted by atomic mass is 10.3. The molecule has 1 aromatic heterocycles. The highest BCUT2D eigenvalue weighted by molar-refractivity contribution is 9.08. The molecular formula is C8H5BrF5NO. The van der Waals surface area contributed by atoms with Crippen molar-refractivity contribution in [2.75, 3.05) is 0 Å². The standard InChI is InChI=1S/C8H5BrF5NO/c9-3-4-5(16-7(10)11)1-2-6(15-4)8(12,13)14/h1-2,7H,3H2. The third-order valence-corrected chi connectivity index (χ3v) is 2.10. The zero-order valence-electron chi connectivity index (χ0n) is 7.56. The van der Waals surface area contributed by atoms with Crippen molar-refractivity contribution in [1.82, 2.24) is 4.98 Å². The summed E-state index contributed by atoms with van der Waals surface area (Å²) in [6, 6.07) is 1.41. The molecule has 0 amide bonds. The van der Waals surface area contributed by atoms with E-state index in [2.05, 4.69) is 25.7 Å². The summed E-state index contributed by atoms with van der Waals surface area (Å²) in [6.45, 7) is -3.10. The molecule has 0 saturated carbocycles. The van der Waals surface area contributed by atoms with Gasteiger partial charge in [-0.15, -0.1) is 0 Å². The van der Waals surface area contributed by atoms with Crippen LogP contribution in [-0.2, 0) is 11.5 Å². The molecule has 0 N–H and O–H groups in total. The van der Waals surface area contributed by atoms with E-state index in [-0.39, 0.29) is 16.8 Å².